The van der Waals surface area contributed by atoms with Gasteiger partial charge in [0, 0.05) is 10.6 Å². The van der Waals surface area contributed by atoms with Crippen LogP contribution >= 0.6 is 23.4 Å². The first-order valence-electron chi connectivity index (χ1n) is 11.9. The van der Waals surface area contributed by atoms with Crippen LogP contribution in [-0.2, 0) is 17.6 Å². The molecule has 4 aromatic rings. The summed E-state index contributed by atoms with van der Waals surface area (Å²) in [6.07, 6.45) is 3.18. The fraction of sp³-hybridized carbons (Fsp3) is 0.138. The highest BCUT2D eigenvalue weighted by atomic mass is 35.5. The zero-order valence-corrected chi connectivity index (χ0v) is 21.8. The Balaban J connectivity index is 1.29. The van der Waals surface area contributed by atoms with Gasteiger partial charge in [-0.15, -0.1) is 0 Å². The van der Waals surface area contributed by atoms with E-state index in [2.05, 4.69) is 5.32 Å². The summed E-state index contributed by atoms with van der Waals surface area (Å²) >= 11 is 7.33. The van der Waals surface area contributed by atoms with Gasteiger partial charge >= 0.3 is 0 Å². The van der Waals surface area contributed by atoms with Crippen LogP contribution in [0.3, 0.4) is 0 Å². The van der Waals surface area contributed by atoms with Gasteiger partial charge in [-0.05, 0) is 78.5 Å². The Hall–Kier alpha value is -3.95. The standard InChI is InChI=1S/C29H20ClF2NO5S/c30-20-14-16(8-12-24-28(35)33-29(36)39-24)7-9-17(20)4-3-13-37-27-25(34)19-5-1-2-6-23(19)38-26(27)18-10-11-21(31)22(32)15-18/h1-2,5-7,9-12,14-15H,3-4,8,13H2,(H,33,35,36). The molecular weight excluding hydrogens is 548 g/mol. The molecule has 6 nitrogen and oxygen atoms in total. The van der Waals surface area contributed by atoms with Gasteiger partial charge in [-0.25, -0.2) is 8.78 Å². The average molecular weight is 568 g/mol. The Labute approximate surface area is 230 Å². The summed E-state index contributed by atoms with van der Waals surface area (Å²) in [5, 5.41) is 2.68. The topological polar surface area (TPSA) is 85.6 Å². The number of hydrogen-bond acceptors (Lipinski definition) is 6. The molecule has 39 heavy (non-hydrogen) atoms. The molecule has 0 radical (unpaired) electrons. The number of carbonyl (C=O) groups excluding carboxylic acids is 2. The number of fused-ring (bicyclic) bond motifs is 1. The molecule has 5 rings (SSSR count). The van der Waals surface area contributed by atoms with Crippen molar-refractivity contribution in [3.05, 3.63) is 110 Å². The van der Waals surface area contributed by atoms with Gasteiger partial charge in [-0.1, -0.05) is 41.9 Å². The monoisotopic (exact) mass is 567 g/mol. The number of rotatable bonds is 8. The highest BCUT2D eigenvalue weighted by Crippen LogP contribution is 2.32. The van der Waals surface area contributed by atoms with E-state index in [1.165, 1.54) is 6.07 Å². The SMILES string of the molecule is O=C1NC(=O)C(=CCc2ccc(CCCOc3c(-c4ccc(F)c(F)c4)oc4ccccc4c3=O)c(Cl)c2)S1. The van der Waals surface area contributed by atoms with E-state index in [4.69, 9.17) is 20.8 Å². The summed E-state index contributed by atoms with van der Waals surface area (Å²) in [4.78, 5) is 36.5. The minimum absolute atomic E-state index is 0.0184. The van der Waals surface area contributed by atoms with Crippen LogP contribution in [0.1, 0.15) is 17.5 Å². The molecule has 2 heterocycles. The Morgan fingerprint density at radius 3 is 2.56 bits per heavy atom. The lowest BCUT2D eigenvalue weighted by molar-refractivity contribution is -0.115. The molecule has 0 saturated carbocycles. The number of imide groups is 1. The fourth-order valence-corrected chi connectivity index (χ4v) is 5.06. The third-order valence-electron chi connectivity index (χ3n) is 6.06. The molecular formula is C29H20ClF2NO5S. The summed E-state index contributed by atoms with van der Waals surface area (Å²) < 4.78 is 39.2. The summed E-state index contributed by atoms with van der Waals surface area (Å²) in [5.41, 5.74) is 1.81. The maximum absolute atomic E-state index is 13.9. The van der Waals surface area contributed by atoms with Crippen molar-refractivity contribution in [2.45, 2.75) is 19.3 Å². The Kier molecular flexibility index (Phi) is 7.81. The maximum Gasteiger partial charge on any atom is 0.290 e. The third-order valence-corrected chi connectivity index (χ3v) is 7.27. The number of ether oxygens (including phenoxy) is 1. The van der Waals surface area contributed by atoms with Gasteiger partial charge in [0.2, 0.25) is 11.2 Å². The smallest absolute Gasteiger partial charge is 0.290 e. The number of amides is 2. The zero-order valence-electron chi connectivity index (χ0n) is 20.3. The van der Waals surface area contributed by atoms with Crippen molar-refractivity contribution in [3.63, 3.8) is 0 Å². The van der Waals surface area contributed by atoms with Crippen molar-refractivity contribution in [2.75, 3.05) is 6.61 Å². The molecule has 0 atom stereocenters. The number of allylic oxidation sites excluding steroid dienone is 1. The highest BCUT2D eigenvalue weighted by Gasteiger charge is 2.24. The van der Waals surface area contributed by atoms with Gasteiger partial charge in [-0.2, -0.15) is 0 Å². The Bertz CT molecular complexity index is 1700. The van der Waals surface area contributed by atoms with E-state index < -0.39 is 23.0 Å². The quantitative estimate of drug-likeness (QED) is 0.186. The number of hydrogen-bond donors (Lipinski definition) is 1. The van der Waals surface area contributed by atoms with Gasteiger partial charge in [0.05, 0.1) is 16.9 Å². The molecule has 2 amide bonds. The normalized spacial score (nSPS) is 14.3. The molecule has 1 aliphatic heterocycles. The van der Waals surface area contributed by atoms with Crippen molar-refractivity contribution < 1.29 is 27.5 Å². The second-order valence-electron chi connectivity index (χ2n) is 8.71. The van der Waals surface area contributed by atoms with Gasteiger partial charge in [0.1, 0.15) is 5.58 Å². The van der Waals surface area contributed by atoms with Crippen LogP contribution in [0.25, 0.3) is 22.3 Å². The van der Waals surface area contributed by atoms with E-state index in [-0.39, 0.29) is 28.9 Å². The fourth-order valence-electron chi connectivity index (χ4n) is 4.11. The van der Waals surface area contributed by atoms with Crippen LogP contribution in [0, 0.1) is 11.6 Å². The minimum Gasteiger partial charge on any atom is -0.486 e. The summed E-state index contributed by atoms with van der Waals surface area (Å²) in [7, 11) is 0. The average Bonchev–Trinajstić information content (AvgIpc) is 3.25. The van der Waals surface area contributed by atoms with E-state index in [9.17, 15) is 23.2 Å². The molecule has 1 saturated heterocycles. The molecule has 1 aromatic heterocycles. The first-order chi connectivity index (χ1) is 18.8. The lowest BCUT2D eigenvalue weighted by Crippen LogP contribution is -2.17. The molecule has 1 N–H and O–H groups in total. The second-order valence-corrected chi connectivity index (χ2v) is 10.1. The second kappa shape index (κ2) is 11.4. The number of para-hydroxylation sites is 1. The lowest BCUT2D eigenvalue weighted by atomic mass is 10.1. The van der Waals surface area contributed by atoms with Crippen LogP contribution in [0.2, 0.25) is 5.02 Å². The number of benzene rings is 3. The predicted molar refractivity (Wildman–Crippen MR) is 146 cm³/mol. The zero-order chi connectivity index (χ0) is 27.5. The van der Waals surface area contributed by atoms with Gasteiger partial charge in [0.15, 0.2) is 17.4 Å². The largest absolute Gasteiger partial charge is 0.486 e. The molecule has 3 aromatic carbocycles. The maximum atomic E-state index is 13.9. The summed E-state index contributed by atoms with van der Waals surface area (Å²) in [5.74, 6) is -2.54. The van der Waals surface area contributed by atoms with Crippen LogP contribution in [0.5, 0.6) is 5.75 Å². The molecule has 1 fully saturated rings. The van der Waals surface area contributed by atoms with Crippen LogP contribution < -0.4 is 15.5 Å². The van der Waals surface area contributed by atoms with Crippen LogP contribution in [-0.4, -0.2) is 17.8 Å². The molecule has 0 aliphatic carbocycles. The van der Waals surface area contributed by atoms with Crippen molar-refractivity contribution >= 4 is 45.5 Å². The van der Waals surface area contributed by atoms with Crippen molar-refractivity contribution in [3.8, 4) is 17.1 Å². The molecule has 1 aliphatic rings. The first-order valence-corrected chi connectivity index (χ1v) is 13.1. The van der Waals surface area contributed by atoms with E-state index in [1.807, 2.05) is 12.1 Å². The highest BCUT2D eigenvalue weighted by molar-refractivity contribution is 8.18. The molecule has 0 unspecified atom stereocenters. The molecule has 0 spiro atoms. The lowest BCUT2D eigenvalue weighted by Gasteiger charge is -2.12. The van der Waals surface area contributed by atoms with Gasteiger partial charge in [-0.3, -0.25) is 19.7 Å². The predicted octanol–water partition coefficient (Wildman–Crippen LogP) is 6.81. The van der Waals surface area contributed by atoms with E-state index in [1.54, 1.807) is 36.4 Å². The van der Waals surface area contributed by atoms with E-state index in [0.29, 0.717) is 40.2 Å². The summed E-state index contributed by atoms with van der Waals surface area (Å²) in [6.45, 7) is 0.143. The molecule has 198 valence electrons. The first kappa shape index (κ1) is 26.6. The van der Waals surface area contributed by atoms with Crippen molar-refractivity contribution in [2.24, 2.45) is 0 Å². The number of thioether (sulfide) groups is 1. The van der Waals surface area contributed by atoms with E-state index in [0.717, 1.165) is 35.0 Å². The van der Waals surface area contributed by atoms with Crippen molar-refractivity contribution in [1.29, 1.82) is 0 Å². The van der Waals surface area contributed by atoms with Crippen LogP contribution in [0.4, 0.5) is 13.6 Å². The van der Waals surface area contributed by atoms with Crippen LogP contribution in [0.15, 0.2) is 80.9 Å². The molecule has 0 bridgehead atoms. The van der Waals surface area contributed by atoms with Gasteiger partial charge < -0.3 is 9.15 Å². The Morgan fingerprint density at radius 1 is 1.00 bits per heavy atom. The van der Waals surface area contributed by atoms with Gasteiger partial charge in [0.25, 0.3) is 11.1 Å². The third kappa shape index (κ3) is 5.89. The number of carbonyl (C=O) groups is 2. The Morgan fingerprint density at radius 2 is 1.82 bits per heavy atom. The van der Waals surface area contributed by atoms with Crippen molar-refractivity contribution in [1.82, 2.24) is 5.32 Å². The molecule has 10 heteroatoms. The minimum atomic E-state index is -1.07. The van der Waals surface area contributed by atoms with E-state index >= 15 is 0 Å². The number of halogens is 3. The number of nitrogens with one attached hydrogen (secondary N) is 1. The number of aryl methyl sites for hydroxylation is 1. The summed E-state index contributed by atoms with van der Waals surface area (Å²) in [6, 6.07) is 15.4.